The summed E-state index contributed by atoms with van der Waals surface area (Å²) in [5.41, 5.74) is 0. The fourth-order valence-corrected chi connectivity index (χ4v) is 0. The Kier molecular flexibility index (Phi) is 16.2. The zero-order valence-electron chi connectivity index (χ0n) is 8.40. The van der Waals surface area contributed by atoms with Gasteiger partial charge in [-0.25, -0.2) is 25.3 Å². The average Bonchev–Trinajstić information content (AvgIpc) is 1.41. The molecule has 9 nitrogen and oxygen atoms in total. The molecule has 0 N–H and O–H groups in total. The summed E-state index contributed by atoms with van der Waals surface area (Å²) in [4.78, 5) is 0. The number of hydrogen-bond acceptors (Lipinski definition) is 9. The normalized spacial score (nSPS) is 10.9. The largest absolute Gasteiger partial charge is 3.00 e. The van der Waals surface area contributed by atoms with Gasteiger partial charge in [0.15, 0.2) is 0 Å². The Morgan fingerprint density at radius 3 is 0.562 bits per heavy atom. The summed E-state index contributed by atoms with van der Waals surface area (Å²) in [6, 6.07) is 0. The van der Waals surface area contributed by atoms with Crippen LogP contribution in [0.4, 0.5) is 0 Å². The van der Waals surface area contributed by atoms with Gasteiger partial charge in [-0.1, -0.05) is 0 Å². The summed E-state index contributed by atoms with van der Waals surface area (Å²) in [7, 11) is -11.8. The zero-order valence-corrected chi connectivity index (χ0v) is 14.1. The van der Waals surface area contributed by atoms with Gasteiger partial charge in [0.2, 0.25) is 0 Å². The van der Waals surface area contributed by atoms with E-state index < -0.39 is 30.4 Å². The second kappa shape index (κ2) is 10.0. The maximum absolute atomic E-state index is 9.08. The molecule has 0 saturated carbocycles. The minimum Gasteiger partial charge on any atom is -0.748 e. The molecule has 16 heavy (non-hydrogen) atoms. The summed E-state index contributed by atoms with van der Waals surface area (Å²) in [5.74, 6) is 0. The third-order valence-corrected chi connectivity index (χ3v) is 0. The molecular weight excluding hydrogens is 420 g/mol. The number of hydrogen-bond donors (Lipinski definition) is 0. The maximum Gasteiger partial charge on any atom is 3.00 e. The van der Waals surface area contributed by atoms with E-state index in [-0.39, 0.29) is 40.8 Å². The van der Waals surface area contributed by atoms with Crippen molar-refractivity contribution in [1.29, 1.82) is 0 Å². The molecule has 0 atom stereocenters. The van der Waals surface area contributed by atoms with E-state index in [2.05, 4.69) is 0 Å². The van der Waals surface area contributed by atoms with Crippen molar-refractivity contribution in [2.75, 3.05) is 18.8 Å². The Labute approximate surface area is 127 Å². The monoisotopic (exact) mass is 427 g/mol. The van der Waals surface area contributed by atoms with Gasteiger partial charge in [0.05, 0.1) is 30.4 Å². The van der Waals surface area contributed by atoms with Crippen LogP contribution in [0.3, 0.4) is 0 Å². The first-order valence-corrected chi connectivity index (χ1v) is 8.17. The Morgan fingerprint density at radius 2 is 0.562 bits per heavy atom. The van der Waals surface area contributed by atoms with E-state index >= 15 is 0 Å². The first-order chi connectivity index (χ1) is 6.00. The maximum atomic E-state index is 9.08. The molecule has 1 radical (unpaired) electrons. The first kappa shape index (κ1) is 25.8. The molecule has 0 amide bonds. The Balaban J connectivity index is -0.0000000655. The van der Waals surface area contributed by atoms with E-state index in [4.69, 9.17) is 38.9 Å². The van der Waals surface area contributed by atoms with Gasteiger partial charge in [-0.15, -0.1) is 0 Å². The van der Waals surface area contributed by atoms with Crippen molar-refractivity contribution in [3.05, 3.63) is 0 Å². The van der Waals surface area contributed by atoms with E-state index in [0.717, 1.165) is 0 Å². The van der Waals surface area contributed by atoms with Crippen LogP contribution in [0.25, 0.3) is 0 Å². The molecule has 0 bridgehead atoms. The second-order valence-corrected chi connectivity index (χ2v) is 6.34. The van der Waals surface area contributed by atoms with E-state index in [9.17, 15) is 0 Å². The van der Waals surface area contributed by atoms with Crippen molar-refractivity contribution in [1.82, 2.24) is 0 Å². The predicted molar refractivity (Wildman–Crippen MR) is 46.9 cm³/mol. The number of rotatable bonds is 0. The van der Waals surface area contributed by atoms with Crippen LogP contribution in [0.15, 0.2) is 0 Å². The van der Waals surface area contributed by atoms with Crippen LogP contribution in [-0.2, 0) is 30.4 Å². The molecular formula is C3H9NdO9S3. The minimum absolute atomic E-state index is 0. The summed E-state index contributed by atoms with van der Waals surface area (Å²) < 4.78 is 81.7. The molecule has 0 aliphatic heterocycles. The zero-order chi connectivity index (χ0) is 13.5. The molecule has 0 aliphatic carbocycles. The Morgan fingerprint density at radius 1 is 0.562 bits per heavy atom. The summed E-state index contributed by atoms with van der Waals surface area (Å²) in [6.07, 6.45) is 1.81. The van der Waals surface area contributed by atoms with Gasteiger partial charge < -0.3 is 13.7 Å². The third-order valence-electron chi connectivity index (χ3n) is 0. The van der Waals surface area contributed by atoms with Gasteiger partial charge in [-0.05, 0) is 0 Å². The molecule has 97 valence electrons. The topological polar surface area (TPSA) is 172 Å². The Bertz CT molecular complexity index is 347. The van der Waals surface area contributed by atoms with Crippen molar-refractivity contribution in [2.45, 2.75) is 0 Å². The van der Waals surface area contributed by atoms with Crippen molar-refractivity contribution in [2.24, 2.45) is 0 Å². The average molecular weight is 430 g/mol. The smallest absolute Gasteiger partial charge is 0.748 e. The molecule has 0 saturated heterocycles. The van der Waals surface area contributed by atoms with Crippen LogP contribution in [0, 0.1) is 40.8 Å². The molecule has 0 spiro atoms. The molecule has 0 heterocycles. The molecule has 13 heteroatoms. The van der Waals surface area contributed by atoms with Crippen LogP contribution in [0.1, 0.15) is 0 Å². The SMILES string of the molecule is CS(=O)(=O)[O-].CS(=O)(=O)[O-].CS(=O)(=O)[O-].[Nd+3]. The molecule has 0 aromatic carbocycles. The molecule has 0 fully saturated rings. The van der Waals surface area contributed by atoms with Crippen molar-refractivity contribution in [3.63, 3.8) is 0 Å². The van der Waals surface area contributed by atoms with Gasteiger partial charge >= 0.3 is 40.8 Å². The van der Waals surface area contributed by atoms with Crippen LogP contribution >= 0.6 is 0 Å². The van der Waals surface area contributed by atoms with Gasteiger partial charge in [0.25, 0.3) is 0 Å². The van der Waals surface area contributed by atoms with Crippen LogP contribution in [0.2, 0.25) is 0 Å². The third kappa shape index (κ3) is 2560. The van der Waals surface area contributed by atoms with E-state index in [0.29, 0.717) is 18.8 Å². The van der Waals surface area contributed by atoms with E-state index in [1.165, 1.54) is 0 Å². The quantitative estimate of drug-likeness (QED) is 0.377. The molecule has 0 aromatic rings. The van der Waals surface area contributed by atoms with Gasteiger partial charge in [-0.2, -0.15) is 0 Å². The van der Waals surface area contributed by atoms with Crippen LogP contribution in [-0.4, -0.2) is 57.7 Å². The van der Waals surface area contributed by atoms with Crippen molar-refractivity contribution < 1.29 is 79.8 Å². The molecule has 0 aliphatic rings. The minimum atomic E-state index is -3.92. The van der Waals surface area contributed by atoms with Gasteiger partial charge in [-0.3, -0.25) is 0 Å². The second-order valence-electron chi connectivity index (χ2n) is 2.11. The Hall–Kier alpha value is 1.08. The van der Waals surface area contributed by atoms with Gasteiger partial charge in [0, 0.05) is 18.8 Å². The van der Waals surface area contributed by atoms with Gasteiger partial charge in [0.1, 0.15) is 0 Å². The molecule has 0 aromatic heterocycles. The molecule has 0 unspecified atom stereocenters. The predicted octanol–water partition coefficient (Wildman–Crippen LogP) is -2.52. The summed E-state index contributed by atoms with van der Waals surface area (Å²) in [6.45, 7) is 0. The van der Waals surface area contributed by atoms with Crippen LogP contribution < -0.4 is 0 Å². The van der Waals surface area contributed by atoms with Crippen molar-refractivity contribution in [3.8, 4) is 0 Å². The standard InChI is InChI=1S/3CH4O3S.Nd/c3*1-5(2,3)4;/h3*1H3,(H,2,3,4);/q;;;+3/p-3. The summed E-state index contributed by atoms with van der Waals surface area (Å²) in [5, 5.41) is 0. The molecule has 0 rings (SSSR count). The van der Waals surface area contributed by atoms with Crippen molar-refractivity contribution >= 4 is 30.4 Å². The fraction of sp³-hybridized carbons (Fsp3) is 1.00. The van der Waals surface area contributed by atoms with E-state index in [1.54, 1.807) is 0 Å². The fourth-order valence-electron chi connectivity index (χ4n) is 0. The van der Waals surface area contributed by atoms with Crippen LogP contribution in [0.5, 0.6) is 0 Å². The van der Waals surface area contributed by atoms with E-state index in [1.807, 2.05) is 0 Å². The summed E-state index contributed by atoms with van der Waals surface area (Å²) >= 11 is 0. The first-order valence-electron chi connectivity index (χ1n) is 2.72.